The summed E-state index contributed by atoms with van der Waals surface area (Å²) >= 11 is 0. The average molecular weight is 387 g/mol. The van der Waals surface area contributed by atoms with Crippen molar-refractivity contribution in [2.24, 2.45) is 5.92 Å². The van der Waals surface area contributed by atoms with Crippen molar-refractivity contribution in [1.29, 1.82) is 0 Å². The van der Waals surface area contributed by atoms with Crippen LogP contribution in [0.2, 0.25) is 0 Å². The van der Waals surface area contributed by atoms with Crippen LogP contribution in [0.1, 0.15) is 52.8 Å². The molecule has 0 saturated heterocycles. The molecule has 0 radical (unpaired) electrons. The fraction of sp³-hybridized carbons (Fsp3) is 0.591. The summed E-state index contributed by atoms with van der Waals surface area (Å²) in [6.07, 6.45) is 3.43. The fourth-order valence-electron chi connectivity index (χ4n) is 3.29. The van der Waals surface area contributed by atoms with Gasteiger partial charge in [0.15, 0.2) is 0 Å². The molecule has 28 heavy (non-hydrogen) atoms. The monoisotopic (exact) mass is 386 g/mol. The summed E-state index contributed by atoms with van der Waals surface area (Å²) in [5.74, 6) is 1.10. The first-order valence-electron chi connectivity index (χ1n) is 10.5. The SMILES string of the molecule is CCCN(CCC)C(=O)Cn1c(CCCNC(=O)C(C)C)nc2ccccc21. The highest BCUT2D eigenvalue weighted by molar-refractivity contribution is 5.81. The standard InChI is InChI=1S/C22H34N4O2/c1-5-14-25(15-6-2)21(27)16-26-19-11-8-7-10-18(19)24-20(26)12-9-13-23-22(28)17(3)4/h7-8,10-11,17H,5-6,9,12-16H2,1-4H3,(H,23,28). The van der Waals surface area contributed by atoms with Crippen molar-refractivity contribution in [2.45, 2.75) is 59.9 Å². The van der Waals surface area contributed by atoms with Gasteiger partial charge in [0, 0.05) is 32.0 Å². The number of aromatic nitrogens is 2. The van der Waals surface area contributed by atoms with Gasteiger partial charge < -0.3 is 14.8 Å². The maximum absolute atomic E-state index is 12.9. The molecule has 0 bridgehead atoms. The van der Waals surface area contributed by atoms with E-state index in [0.29, 0.717) is 13.1 Å². The average Bonchev–Trinajstić information content (AvgIpc) is 3.02. The number of hydrogen-bond donors (Lipinski definition) is 1. The molecule has 6 heteroatoms. The van der Waals surface area contributed by atoms with E-state index in [9.17, 15) is 9.59 Å². The van der Waals surface area contributed by atoms with E-state index < -0.39 is 0 Å². The fourth-order valence-corrected chi connectivity index (χ4v) is 3.29. The maximum atomic E-state index is 12.9. The van der Waals surface area contributed by atoms with Gasteiger partial charge in [0.1, 0.15) is 12.4 Å². The number of carbonyl (C=O) groups is 2. The first-order chi connectivity index (χ1) is 13.5. The molecule has 2 rings (SSSR count). The zero-order valence-electron chi connectivity index (χ0n) is 17.7. The van der Waals surface area contributed by atoms with Gasteiger partial charge in [-0.25, -0.2) is 4.98 Å². The molecule has 0 saturated carbocycles. The molecular weight excluding hydrogens is 352 g/mol. The van der Waals surface area contributed by atoms with Crippen LogP contribution in [0.3, 0.4) is 0 Å². The number of carbonyl (C=O) groups excluding carboxylic acids is 2. The van der Waals surface area contributed by atoms with Crippen molar-refractivity contribution >= 4 is 22.8 Å². The lowest BCUT2D eigenvalue weighted by Crippen LogP contribution is -2.35. The number of aryl methyl sites for hydroxylation is 1. The summed E-state index contributed by atoms with van der Waals surface area (Å²) in [6.45, 7) is 10.5. The van der Waals surface area contributed by atoms with Gasteiger partial charge in [-0.05, 0) is 31.4 Å². The second-order valence-electron chi connectivity index (χ2n) is 7.53. The Morgan fingerprint density at radius 1 is 1.14 bits per heavy atom. The molecular formula is C22H34N4O2. The number of benzene rings is 1. The second-order valence-corrected chi connectivity index (χ2v) is 7.53. The van der Waals surface area contributed by atoms with Crippen LogP contribution in [0.5, 0.6) is 0 Å². The number of nitrogens with one attached hydrogen (secondary N) is 1. The number of rotatable bonds is 11. The molecule has 0 fully saturated rings. The van der Waals surface area contributed by atoms with Crippen molar-refractivity contribution < 1.29 is 9.59 Å². The minimum absolute atomic E-state index is 0.00897. The Balaban J connectivity index is 2.13. The number of imidazole rings is 1. The second kappa shape index (κ2) is 10.8. The van der Waals surface area contributed by atoms with Crippen LogP contribution in [0.4, 0.5) is 0 Å². The molecule has 1 N–H and O–H groups in total. The molecule has 2 amide bonds. The van der Waals surface area contributed by atoms with E-state index in [1.165, 1.54) is 0 Å². The van der Waals surface area contributed by atoms with Gasteiger partial charge in [-0.15, -0.1) is 0 Å². The molecule has 0 unspecified atom stereocenters. The Morgan fingerprint density at radius 2 is 1.82 bits per heavy atom. The summed E-state index contributed by atoms with van der Waals surface area (Å²) in [6, 6.07) is 7.95. The molecule has 0 spiro atoms. The highest BCUT2D eigenvalue weighted by atomic mass is 16.2. The number of nitrogens with zero attached hydrogens (tertiary/aromatic N) is 3. The van der Waals surface area contributed by atoms with E-state index in [2.05, 4.69) is 19.2 Å². The first kappa shape index (κ1) is 21.9. The summed E-state index contributed by atoms with van der Waals surface area (Å²) in [5, 5.41) is 2.95. The van der Waals surface area contributed by atoms with Crippen molar-refractivity contribution in [2.75, 3.05) is 19.6 Å². The Kier molecular flexibility index (Phi) is 8.48. The Bertz CT molecular complexity index is 776. The van der Waals surface area contributed by atoms with Crippen LogP contribution in [-0.4, -0.2) is 45.9 Å². The van der Waals surface area contributed by atoms with Crippen molar-refractivity contribution in [3.63, 3.8) is 0 Å². The zero-order chi connectivity index (χ0) is 20.5. The quantitative estimate of drug-likeness (QED) is 0.602. The molecule has 2 aromatic rings. The van der Waals surface area contributed by atoms with E-state index in [0.717, 1.165) is 55.6 Å². The molecule has 1 aromatic heterocycles. The summed E-state index contributed by atoms with van der Waals surface area (Å²) < 4.78 is 2.04. The summed E-state index contributed by atoms with van der Waals surface area (Å²) in [5.41, 5.74) is 1.90. The van der Waals surface area contributed by atoms with Gasteiger partial charge in [0.25, 0.3) is 0 Å². The predicted octanol–water partition coefficient (Wildman–Crippen LogP) is 3.39. The van der Waals surface area contributed by atoms with E-state index in [1.807, 2.05) is 47.6 Å². The summed E-state index contributed by atoms with van der Waals surface area (Å²) in [7, 11) is 0. The molecule has 0 aliphatic carbocycles. The first-order valence-corrected chi connectivity index (χ1v) is 10.5. The zero-order valence-corrected chi connectivity index (χ0v) is 17.7. The number of amides is 2. The van der Waals surface area contributed by atoms with Gasteiger partial charge >= 0.3 is 0 Å². The van der Waals surface area contributed by atoms with Crippen LogP contribution < -0.4 is 5.32 Å². The van der Waals surface area contributed by atoms with Crippen LogP contribution in [0, 0.1) is 5.92 Å². The lowest BCUT2D eigenvalue weighted by atomic mass is 10.2. The molecule has 1 aromatic carbocycles. The van der Waals surface area contributed by atoms with Crippen LogP contribution in [0.15, 0.2) is 24.3 Å². The minimum atomic E-state index is -0.00897. The number of hydrogen-bond acceptors (Lipinski definition) is 3. The van der Waals surface area contributed by atoms with Crippen molar-refractivity contribution in [3.8, 4) is 0 Å². The lowest BCUT2D eigenvalue weighted by Gasteiger charge is -2.22. The van der Waals surface area contributed by atoms with Gasteiger partial charge in [-0.3, -0.25) is 9.59 Å². The molecule has 1 heterocycles. The lowest BCUT2D eigenvalue weighted by molar-refractivity contribution is -0.132. The van der Waals surface area contributed by atoms with Crippen LogP contribution >= 0.6 is 0 Å². The minimum Gasteiger partial charge on any atom is -0.356 e. The largest absolute Gasteiger partial charge is 0.356 e. The third kappa shape index (κ3) is 5.81. The van der Waals surface area contributed by atoms with Gasteiger partial charge in [0.2, 0.25) is 11.8 Å². The summed E-state index contributed by atoms with van der Waals surface area (Å²) in [4.78, 5) is 31.3. The molecule has 0 aliphatic heterocycles. The van der Waals surface area contributed by atoms with Gasteiger partial charge in [-0.2, -0.15) is 0 Å². The predicted molar refractivity (Wildman–Crippen MR) is 113 cm³/mol. The highest BCUT2D eigenvalue weighted by Gasteiger charge is 2.17. The third-order valence-corrected chi connectivity index (χ3v) is 4.77. The van der Waals surface area contributed by atoms with Gasteiger partial charge in [-0.1, -0.05) is 39.8 Å². The van der Waals surface area contributed by atoms with E-state index >= 15 is 0 Å². The molecule has 0 atom stereocenters. The highest BCUT2D eigenvalue weighted by Crippen LogP contribution is 2.17. The molecule has 6 nitrogen and oxygen atoms in total. The Morgan fingerprint density at radius 3 is 2.46 bits per heavy atom. The van der Waals surface area contributed by atoms with Crippen molar-refractivity contribution in [3.05, 3.63) is 30.1 Å². The number of para-hydroxylation sites is 2. The van der Waals surface area contributed by atoms with E-state index in [-0.39, 0.29) is 17.7 Å². The van der Waals surface area contributed by atoms with Gasteiger partial charge in [0.05, 0.1) is 11.0 Å². The maximum Gasteiger partial charge on any atom is 0.242 e. The Hall–Kier alpha value is -2.37. The van der Waals surface area contributed by atoms with Crippen molar-refractivity contribution in [1.82, 2.24) is 19.8 Å². The van der Waals surface area contributed by atoms with Crippen LogP contribution in [0.25, 0.3) is 11.0 Å². The molecule has 0 aliphatic rings. The molecule has 154 valence electrons. The van der Waals surface area contributed by atoms with E-state index in [1.54, 1.807) is 0 Å². The Labute approximate surface area is 168 Å². The van der Waals surface area contributed by atoms with Crippen LogP contribution in [-0.2, 0) is 22.6 Å². The number of fused-ring (bicyclic) bond motifs is 1. The topological polar surface area (TPSA) is 67.2 Å². The normalized spacial score (nSPS) is 11.2. The van der Waals surface area contributed by atoms with E-state index in [4.69, 9.17) is 4.98 Å². The third-order valence-electron chi connectivity index (χ3n) is 4.77. The smallest absolute Gasteiger partial charge is 0.242 e.